The van der Waals surface area contributed by atoms with Crippen LogP contribution in [0.1, 0.15) is 26.2 Å². The molecule has 1 unspecified atom stereocenters. The van der Waals surface area contributed by atoms with Crippen molar-refractivity contribution in [3.8, 4) is 0 Å². The van der Waals surface area contributed by atoms with Gasteiger partial charge in [0.25, 0.3) is 0 Å². The molecule has 2 rings (SSSR count). The van der Waals surface area contributed by atoms with Crippen molar-refractivity contribution in [2.45, 2.75) is 32.4 Å². The van der Waals surface area contributed by atoms with Crippen molar-refractivity contribution in [1.29, 1.82) is 0 Å². The number of hydrogen-bond acceptors (Lipinski definition) is 2. The Morgan fingerprint density at radius 2 is 1.95 bits per heavy atom. The number of carbonyl (C=O) groups excluding carboxylic acids is 1. The molecule has 2 N–H and O–H groups in total. The maximum atomic E-state index is 12.9. The summed E-state index contributed by atoms with van der Waals surface area (Å²) in [7, 11) is 0. The molecule has 3 nitrogen and oxygen atoms in total. The van der Waals surface area contributed by atoms with Gasteiger partial charge in [-0.25, -0.2) is 0 Å². The molecule has 1 aliphatic carbocycles. The summed E-state index contributed by atoms with van der Waals surface area (Å²) in [5.41, 5.74) is 5.87. The van der Waals surface area contributed by atoms with Gasteiger partial charge in [0.2, 0.25) is 5.91 Å². The maximum absolute atomic E-state index is 12.9. The molecule has 0 bridgehead atoms. The van der Waals surface area contributed by atoms with Gasteiger partial charge < -0.3 is 10.6 Å². The van der Waals surface area contributed by atoms with Gasteiger partial charge in [0, 0.05) is 18.8 Å². The Kier molecular flexibility index (Phi) is 4.11. The fraction of sp³-hybridized carbons (Fsp3) is 0.643. The number of hydrogen-bond donors (Lipinski definition) is 1. The van der Waals surface area contributed by atoms with Crippen LogP contribution in [0.4, 0.5) is 13.2 Å². The SMILES string of the molecule is CC1CCN(C2=CC(C(F)(F)F)CC=C2C(N)=O)CC1. The van der Waals surface area contributed by atoms with E-state index >= 15 is 0 Å². The second-order valence-corrected chi connectivity index (χ2v) is 5.59. The topological polar surface area (TPSA) is 46.3 Å². The zero-order valence-electron chi connectivity index (χ0n) is 11.4. The molecule has 6 heteroatoms. The highest BCUT2D eigenvalue weighted by molar-refractivity contribution is 5.96. The average Bonchev–Trinajstić information content (AvgIpc) is 2.37. The molecule has 0 saturated carbocycles. The summed E-state index contributed by atoms with van der Waals surface area (Å²) in [5, 5.41) is 0. The highest BCUT2D eigenvalue weighted by Crippen LogP contribution is 2.37. The molecule has 1 atom stereocenters. The molecule has 0 radical (unpaired) electrons. The van der Waals surface area contributed by atoms with Gasteiger partial charge in [0.15, 0.2) is 0 Å². The van der Waals surface area contributed by atoms with E-state index in [1.807, 2.05) is 4.90 Å². The van der Waals surface area contributed by atoms with Gasteiger partial charge in [-0.05, 0) is 31.3 Å². The van der Waals surface area contributed by atoms with E-state index in [2.05, 4.69) is 6.92 Å². The third-order valence-electron chi connectivity index (χ3n) is 4.02. The zero-order valence-corrected chi connectivity index (χ0v) is 11.4. The minimum Gasteiger partial charge on any atom is -0.371 e. The number of nitrogens with zero attached hydrogens (tertiary/aromatic N) is 1. The summed E-state index contributed by atoms with van der Waals surface area (Å²) in [4.78, 5) is 13.3. The summed E-state index contributed by atoms with van der Waals surface area (Å²) in [6.45, 7) is 3.46. The monoisotopic (exact) mass is 288 g/mol. The minimum atomic E-state index is -4.28. The number of allylic oxidation sites excluding steroid dienone is 2. The second-order valence-electron chi connectivity index (χ2n) is 5.59. The van der Waals surface area contributed by atoms with Gasteiger partial charge in [-0.3, -0.25) is 4.79 Å². The number of likely N-dealkylation sites (tertiary alicyclic amines) is 1. The van der Waals surface area contributed by atoms with Crippen molar-refractivity contribution in [2.24, 2.45) is 17.6 Å². The Balaban J connectivity index is 2.25. The highest BCUT2D eigenvalue weighted by atomic mass is 19.4. The quantitative estimate of drug-likeness (QED) is 0.849. The van der Waals surface area contributed by atoms with E-state index in [-0.39, 0.29) is 12.0 Å². The van der Waals surface area contributed by atoms with Crippen LogP contribution in [0.5, 0.6) is 0 Å². The summed E-state index contributed by atoms with van der Waals surface area (Å²) in [6, 6.07) is 0. The molecule has 1 aliphatic heterocycles. The molecule has 2 aliphatic rings. The first-order valence-electron chi connectivity index (χ1n) is 6.83. The lowest BCUT2D eigenvalue weighted by atomic mass is 9.90. The Morgan fingerprint density at radius 3 is 2.45 bits per heavy atom. The van der Waals surface area contributed by atoms with Crippen molar-refractivity contribution in [3.05, 3.63) is 23.4 Å². The fourth-order valence-electron chi connectivity index (χ4n) is 2.68. The summed E-state index contributed by atoms with van der Waals surface area (Å²) in [6.07, 6.45) is -0.173. The van der Waals surface area contributed by atoms with Crippen LogP contribution in [0.2, 0.25) is 0 Å². The van der Waals surface area contributed by atoms with Crippen LogP contribution in [0.15, 0.2) is 23.4 Å². The van der Waals surface area contributed by atoms with Crippen LogP contribution in [-0.2, 0) is 4.79 Å². The first kappa shape index (κ1) is 14.9. The predicted molar refractivity (Wildman–Crippen MR) is 69.5 cm³/mol. The fourth-order valence-corrected chi connectivity index (χ4v) is 2.68. The lowest BCUT2D eigenvalue weighted by Gasteiger charge is -2.36. The van der Waals surface area contributed by atoms with E-state index in [1.165, 1.54) is 6.08 Å². The molecule has 1 saturated heterocycles. The van der Waals surface area contributed by atoms with E-state index in [0.29, 0.717) is 24.7 Å². The van der Waals surface area contributed by atoms with E-state index in [4.69, 9.17) is 5.73 Å². The molecule has 1 amide bonds. The molecule has 0 aromatic rings. The third-order valence-corrected chi connectivity index (χ3v) is 4.02. The van der Waals surface area contributed by atoms with Gasteiger partial charge in [-0.2, -0.15) is 13.2 Å². The van der Waals surface area contributed by atoms with Crippen molar-refractivity contribution >= 4 is 5.91 Å². The largest absolute Gasteiger partial charge is 0.395 e. The number of halogens is 3. The van der Waals surface area contributed by atoms with E-state index in [0.717, 1.165) is 18.9 Å². The van der Waals surface area contributed by atoms with Crippen LogP contribution in [0.25, 0.3) is 0 Å². The number of primary amides is 1. The van der Waals surface area contributed by atoms with Gasteiger partial charge in [-0.15, -0.1) is 0 Å². The number of nitrogens with two attached hydrogens (primary N) is 1. The number of alkyl halides is 3. The second kappa shape index (κ2) is 5.50. The van der Waals surface area contributed by atoms with Gasteiger partial charge in [0.05, 0.1) is 11.5 Å². The Hall–Kier alpha value is -1.46. The first-order chi connectivity index (χ1) is 9.29. The highest BCUT2D eigenvalue weighted by Gasteiger charge is 2.40. The van der Waals surface area contributed by atoms with Crippen LogP contribution < -0.4 is 5.73 Å². The molecule has 1 fully saturated rings. The Labute approximate surface area is 116 Å². The molecule has 1 heterocycles. The molecule has 0 spiro atoms. The molecule has 0 aromatic heterocycles. The Bertz CT molecular complexity index is 446. The third kappa shape index (κ3) is 3.16. The molecular formula is C14H19F3N2O. The van der Waals surface area contributed by atoms with E-state index < -0.39 is 18.0 Å². The minimum absolute atomic E-state index is 0.213. The van der Waals surface area contributed by atoms with Gasteiger partial charge >= 0.3 is 6.18 Å². The summed E-state index contributed by atoms with van der Waals surface area (Å²) >= 11 is 0. The van der Waals surface area contributed by atoms with Gasteiger partial charge in [-0.1, -0.05) is 13.0 Å². The number of carbonyl (C=O) groups is 1. The van der Waals surface area contributed by atoms with Crippen LogP contribution in [0.3, 0.4) is 0 Å². The zero-order chi connectivity index (χ0) is 14.9. The van der Waals surface area contributed by atoms with Crippen molar-refractivity contribution < 1.29 is 18.0 Å². The van der Waals surface area contributed by atoms with Crippen LogP contribution in [0, 0.1) is 11.8 Å². The summed E-state index contributed by atoms with van der Waals surface area (Å²) in [5.74, 6) is -1.62. The Morgan fingerprint density at radius 1 is 1.35 bits per heavy atom. The number of piperidine rings is 1. The molecule has 112 valence electrons. The molecule has 0 aromatic carbocycles. The smallest absolute Gasteiger partial charge is 0.371 e. The first-order valence-corrected chi connectivity index (χ1v) is 6.83. The maximum Gasteiger partial charge on any atom is 0.395 e. The van der Waals surface area contributed by atoms with Crippen LogP contribution in [-0.4, -0.2) is 30.1 Å². The van der Waals surface area contributed by atoms with Gasteiger partial charge in [0.1, 0.15) is 0 Å². The standard InChI is InChI=1S/C14H19F3N2O/c1-9-4-6-19(7-5-9)12-8-10(14(15,16)17)2-3-11(12)13(18)20/h3,8-10H,2,4-7H2,1H3,(H2,18,20). The van der Waals surface area contributed by atoms with Crippen LogP contribution >= 0.6 is 0 Å². The molecule has 20 heavy (non-hydrogen) atoms. The number of amides is 1. The van der Waals surface area contributed by atoms with E-state index in [9.17, 15) is 18.0 Å². The normalized spacial score (nSPS) is 25.2. The van der Waals surface area contributed by atoms with Crippen molar-refractivity contribution in [3.63, 3.8) is 0 Å². The lowest BCUT2D eigenvalue weighted by Crippen LogP contribution is -2.37. The predicted octanol–water partition coefficient (Wildman–Crippen LogP) is 2.60. The van der Waals surface area contributed by atoms with Crippen molar-refractivity contribution in [2.75, 3.05) is 13.1 Å². The van der Waals surface area contributed by atoms with E-state index in [1.54, 1.807) is 0 Å². The van der Waals surface area contributed by atoms with Crippen molar-refractivity contribution in [1.82, 2.24) is 4.90 Å². The number of rotatable bonds is 2. The summed E-state index contributed by atoms with van der Waals surface area (Å²) < 4.78 is 38.6. The average molecular weight is 288 g/mol. The molecular weight excluding hydrogens is 269 g/mol. The lowest BCUT2D eigenvalue weighted by molar-refractivity contribution is -0.161.